The number of carbonyl (C=O) groups excluding carboxylic acids is 1. The molecular formula is C18H29N3O3S. The summed E-state index contributed by atoms with van der Waals surface area (Å²) in [7, 11) is -3.45. The van der Waals surface area contributed by atoms with Gasteiger partial charge in [-0.2, -0.15) is 4.31 Å². The lowest BCUT2D eigenvalue weighted by atomic mass is 10.2. The van der Waals surface area contributed by atoms with Crippen LogP contribution in [0.5, 0.6) is 0 Å². The van der Waals surface area contributed by atoms with Crippen LogP contribution >= 0.6 is 0 Å². The van der Waals surface area contributed by atoms with Gasteiger partial charge in [-0.25, -0.2) is 8.42 Å². The Morgan fingerprint density at radius 1 is 1.16 bits per heavy atom. The van der Waals surface area contributed by atoms with Crippen molar-refractivity contribution in [1.82, 2.24) is 14.5 Å². The summed E-state index contributed by atoms with van der Waals surface area (Å²) in [5.74, 6) is 0.00999. The van der Waals surface area contributed by atoms with Gasteiger partial charge in [0.15, 0.2) is 0 Å². The maximum absolute atomic E-state index is 12.7. The van der Waals surface area contributed by atoms with E-state index in [9.17, 15) is 13.2 Å². The molecular weight excluding hydrogens is 338 g/mol. The highest BCUT2D eigenvalue weighted by molar-refractivity contribution is 7.89. The van der Waals surface area contributed by atoms with Gasteiger partial charge >= 0.3 is 0 Å². The molecule has 1 atom stereocenters. The van der Waals surface area contributed by atoms with E-state index in [-0.39, 0.29) is 11.9 Å². The Hall–Kier alpha value is -1.44. The van der Waals surface area contributed by atoms with E-state index in [2.05, 4.69) is 12.2 Å². The van der Waals surface area contributed by atoms with Crippen LogP contribution in [0.3, 0.4) is 0 Å². The average Bonchev–Trinajstić information content (AvgIpc) is 2.55. The van der Waals surface area contributed by atoms with E-state index in [1.807, 2.05) is 30.9 Å². The minimum Gasteiger partial charge on any atom is -0.353 e. The van der Waals surface area contributed by atoms with Crippen LogP contribution in [-0.4, -0.2) is 62.3 Å². The summed E-state index contributed by atoms with van der Waals surface area (Å²) in [5, 5.41) is 2.99. The molecule has 1 saturated heterocycles. The summed E-state index contributed by atoms with van der Waals surface area (Å²) in [5.41, 5.74) is 1.03. The number of hydrogen-bond donors (Lipinski definition) is 1. The van der Waals surface area contributed by atoms with E-state index in [0.717, 1.165) is 18.4 Å². The minimum atomic E-state index is -3.45. The summed E-state index contributed by atoms with van der Waals surface area (Å²) < 4.78 is 26.9. The van der Waals surface area contributed by atoms with Crippen molar-refractivity contribution in [2.45, 2.75) is 44.6 Å². The van der Waals surface area contributed by atoms with E-state index in [0.29, 0.717) is 37.6 Å². The first-order valence-corrected chi connectivity index (χ1v) is 10.4. The number of piperazine rings is 1. The van der Waals surface area contributed by atoms with E-state index in [1.165, 1.54) is 4.31 Å². The lowest BCUT2D eigenvalue weighted by Gasteiger charge is -2.33. The van der Waals surface area contributed by atoms with Gasteiger partial charge in [0.05, 0.1) is 11.4 Å². The molecule has 0 spiro atoms. The maximum atomic E-state index is 12.7. The number of amides is 1. The van der Waals surface area contributed by atoms with Gasteiger partial charge in [-0.15, -0.1) is 0 Å². The molecule has 2 rings (SSSR count). The lowest BCUT2D eigenvalue weighted by Crippen LogP contribution is -2.51. The fourth-order valence-corrected chi connectivity index (χ4v) is 4.44. The van der Waals surface area contributed by atoms with E-state index < -0.39 is 10.0 Å². The van der Waals surface area contributed by atoms with Gasteiger partial charge in [-0.05, 0) is 32.4 Å². The first-order valence-electron chi connectivity index (χ1n) is 8.91. The molecule has 6 nitrogen and oxygen atoms in total. The van der Waals surface area contributed by atoms with Crippen LogP contribution in [0, 0.1) is 6.92 Å². The molecule has 25 heavy (non-hydrogen) atoms. The molecule has 1 aromatic carbocycles. The molecule has 1 heterocycles. The molecule has 1 fully saturated rings. The number of benzene rings is 1. The van der Waals surface area contributed by atoms with Crippen molar-refractivity contribution < 1.29 is 13.2 Å². The number of nitrogens with one attached hydrogen (secondary N) is 1. The van der Waals surface area contributed by atoms with Gasteiger partial charge in [0, 0.05) is 32.2 Å². The molecule has 1 amide bonds. The normalized spacial score (nSPS) is 18.0. The monoisotopic (exact) mass is 367 g/mol. The molecule has 0 aliphatic carbocycles. The summed E-state index contributed by atoms with van der Waals surface area (Å²) in [4.78, 5) is 14.4. The third-order valence-electron chi connectivity index (χ3n) is 4.49. The van der Waals surface area contributed by atoms with E-state index in [4.69, 9.17) is 0 Å². The molecule has 0 bridgehead atoms. The van der Waals surface area contributed by atoms with Gasteiger partial charge in [-0.3, -0.25) is 9.69 Å². The fraction of sp³-hybridized carbons (Fsp3) is 0.611. The maximum Gasteiger partial charge on any atom is 0.243 e. The Bertz CT molecular complexity index is 665. The number of rotatable bonds is 7. The Morgan fingerprint density at radius 2 is 1.76 bits per heavy atom. The summed E-state index contributed by atoms with van der Waals surface area (Å²) in [6.07, 6.45) is 2.01. The van der Waals surface area contributed by atoms with Crippen LogP contribution in [0.4, 0.5) is 0 Å². The highest BCUT2D eigenvalue weighted by atomic mass is 32.2. The zero-order valence-electron chi connectivity index (χ0n) is 15.4. The second-order valence-electron chi connectivity index (χ2n) is 6.75. The van der Waals surface area contributed by atoms with Crippen LogP contribution in [0.25, 0.3) is 0 Å². The van der Waals surface area contributed by atoms with Crippen LogP contribution in [-0.2, 0) is 14.8 Å². The highest BCUT2D eigenvalue weighted by Crippen LogP contribution is 2.18. The largest absolute Gasteiger partial charge is 0.353 e. The fourth-order valence-electron chi connectivity index (χ4n) is 3.02. The standard InChI is InChI=1S/C18H29N3O3S/c1-4-5-16(3)19-18(22)14-20-10-12-21(13-11-20)25(23,24)17-8-6-15(2)7-9-17/h6-9,16H,4-5,10-14H2,1-3H3,(H,19,22). The quantitative estimate of drug-likeness (QED) is 0.795. The van der Waals surface area contributed by atoms with Crippen molar-refractivity contribution in [3.05, 3.63) is 29.8 Å². The topological polar surface area (TPSA) is 69.7 Å². The number of carbonyl (C=O) groups is 1. The molecule has 140 valence electrons. The molecule has 0 aromatic heterocycles. The third-order valence-corrected chi connectivity index (χ3v) is 6.40. The van der Waals surface area contributed by atoms with Crippen molar-refractivity contribution in [1.29, 1.82) is 0 Å². The van der Waals surface area contributed by atoms with Gasteiger partial charge in [0.2, 0.25) is 15.9 Å². The lowest BCUT2D eigenvalue weighted by molar-refractivity contribution is -0.123. The zero-order valence-corrected chi connectivity index (χ0v) is 16.2. The molecule has 0 radical (unpaired) electrons. The number of nitrogens with zero attached hydrogens (tertiary/aromatic N) is 2. The summed E-state index contributed by atoms with van der Waals surface area (Å²) in [6.45, 7) is 8.32. The SMILES string of the molecule is CCCC(C)NC(=O)CN1CCN(S(=O)(=O)c2ccc(C)cc2)CC1. The second kappa shape index (κ2) is 8.78. The summed E-state index contributed by atoms with van der Waals surface area (Å²) >= 11 is 0. The zero-order chi connectivity index (χ0) is 18.4. The van der Waals surface area contributed by atoms with Crippen LogP contribution in [0.2, 0.25) is 0 Å². The molecule has 7 heteroatoms. The number of hydrogen-bond acceptors (Lipinski definition) is 4. The van der Waals surface area contributed by atoms with Gasteiger partial charge in [0.25, 0.3) is 0 Å². The van der Waals surface area contributed by atoms with Crippen molar-refractivity contribution >= 4 is 15.9 Å². The predicted molar refractivity (Wildman–Crippen MR) is 98.9 cm³/mol. The molecule has 1 aliphatic heterocycles. The van der Waals surface area contributed by atoms with E-state index in [1.54, 1.807) is 12.1 Å². The predicted octanol–water partition coefficient (Wildman–Crippen LogP) is 1.61. The van der Waals surface area contributed by atoms with Crippen LogP contribution in [0.15, 0.2) is 29.2 Å². The number of aryl methyl sites for hydroxylation is 1. The molecule has 1 unspecified atom stereocenters. The van der Waals surface area contributed by atoms with Crippen LogP contribution in [0.1, 0.15) is 32.3 Å². The van der Waals surface area contributed by atoms with Crippen molar-refractivity contribution in [2.24, 2.45) is 0 Å². The van der Waals surface area contributed by atoms with Crippen LogP contribution < -0.4 is 5.32 Å². The molecule has 0 saturated carbocycles. The minimum absolute atomic E-state index is 0.00999. The Kier molecular flexibility index (Phi) is 6.98. The van der Waals surface area contributed by atoms with Crippen molar-refractivity contribution in [2.75, 3.05) is 32.7 Å². The molecule has 1 N–H and O–H groups in total. The van der Waals surface area contributed by atoms with Crippen molar-refractivity contribution in [3.63, 3.8) is 0 Å². The average molecular weight is 368 g/mol. The Morgan fingerprint density at radius 3 is 2.32 bits per heavy atom. The second-order valence-corrected chi connectivity index (χ2v) is 8.69. The van der Waals surface area contributed by atoms with Gasteiger partial charge < -0.3 is 5.32 Å². The van der Waals surface area contributed by atoms with E-state index >= 15 is 0 Å². The summed E-state index contributed by atoms with van der Waals surface area (Å²) in [6, 6.07) is 7.11. The third kappa shape index (κ3) is 5.52. The van der Waals surface area contributed by atoms with Crippen molar-refractivity contribution in [3.8, 4) is 0 Å². The Labute approximate surface area is 151 Å². The van der Waals surface area contributed by atoms with Gasteiger partial charge in [0.1, 0.15) is 0 Å². The van der Waals surface area contributed by atoms with Gasteiger partial charge in [-0.1, -0.05) is 31.0 Å². The molecule has 1 aliphatic rings. The molecule has 1 aromatic rings. The Balaban J connectivity index is 1.86. The first kappa shape index (κ1) is 19.9. The smallest absolute Gasteiger partial charge is 0.243 e. The first-order chi connectivity index (χ1) is 11.8. The number of sulfonamides is 1. The highest BCUT2D eigenvalue weighted by Gasteiger charge is 2.29.